The van der Waals surface area contributed by atoms with Crippen molar-refractivity contribution in [1.29, 1.82) is 0 Å². The first-order chi connectivity index (χ1) is 11.1. The van der Waals surface area contributed by atoms with Gasteiger partial charge in [0, 0.05) is 13.1 Å². The number of aliphatic hydroxyl groups is 1. The van der Waals surface area contributed by atoms with Gasteiger partial charge >= 0.3 is 0 Å². The van der Waals surface area contributed by atoms with Crippen LogP contribution in [0.2, 0.25) is 0 Å². The maximum Gasteiger partial charge on any atom is 0.235 e. The Balaban J connectivity index is 1.57. The van der Waals surface area contributed by atoms with E-state index in [9.17, 15) is 4.79 Å². The van der Waals surface area contributed by atoms with Gasteiger partial charge < -0.3 is 15.0 Å². The van der Waals surface area contributed by atoms with Gasteiger partial charge in [-0.1, -0.05) is 11.8 Å². The second-order valence-electron chi connectivity index (χ2n) is 5.83. The van der Waals surface area contributed by atoms with Crippen LogP contribution in [0.25, 0.3) is 0 Å². The third-order valence-electron chi connectivity index (χ3n) is 4.16. The molecule has 1 aliphatic rings. The number of nitrogens with one attached hydrogen (secondary N) is 1. The number of imidazole rings is 1. The number of amides is 1. The molecular formula is C15H21N5O2S. The quantitative estimate of drug-likeness (QED) is 0.754. The summed E-state index contributed by atoms with van der Waals surface area (Å²) < 4.78 is 3.68. The third kappa shape index (κ3) is 3.59. The molecule has 1 unspecified atom stereocenters. The molecule has 1 fully saturated rings. The van der Waals surface area contributed by atoms with E-state index in [1.54, 1.807) is 17.0 Å². The topological polar surface area (TPSA) is 85.0 Å². The highest BCUT2D eigenvalue weighted by Crippen LogP contribution is 2.40. The predicted octanol–water partition coefficient (Wildman–Crippen LogP) is 1.81. The minimum Gasteiger partial charge on any atom is -0.390 e. The van der Waals surface area contributed by atoms with Crippen LogP contribution in [0.4, 0.5) is 5.82 Å². The number of thioether (sulfide) groups is 1. The number of rotatable bonds is 7. The van der Waals surface area contributed by atoms with E-state index in [0.717, 1.165) is 11.5 Å². The molecule has 2 aromatic heterocycles. The molecular weight excluding hydrogens is 314 g/mol. The van der Waals surface area contributed by atoms with Crippen LogP contribution in [0.15, 0.2) is 23.6 Å². The molecule has 8 heteroatoms. The van der Waals surface area contributed by atoms with Crippen molar-refractivity contribution in [2.75, 3.05) is 11.1 Å². The number of anilines is 1. The average molecular weight is 335 g/mol. The van der Waals surface area contributed by atoms with Crippen molar-refractivity contribution in [2.45, 2.75) is 37.6 Å². The Labute approximate surface area is 139 Å². The second-order valence-corrected chi connectivity index (χ2v) is 6.77. The van der Waals surface area contributed by atoms with Crippen molar-refractivity contribution in [1.82, 2.24) is 19.3 Å². The van der Waals surface area contributed by atoms with E-state index < -0.39 is 0 Å². The van der Waals surface area contributed by atoms with Crippen LogP contribution in [0, 0.1) is 5.92 Å². The third-order valence-corrected chi connectivity index (χ3v) is 5.21. The van der Waals surface area contributed by atoms with Crippen molar-refractivity contribution < 1.29 is 9.90 Å². The Morgan fingerprint density at radius 3 is 3.00 bits per heavy atom. The van der Waals surface area contributed by atoms with Gasteiger partial charge in [0.2, 0.25) is 5.91 Å². The van der Waals surface area contributed by atoms with Crippen LogP contribution in [0.5, 0.6) is 0 Å². The van der Waals surface area contributed by atoms with E-state index in [2.05, 4.69) is 22.3 Å². The highest BCUT2D eigenvalue weighted by Gasteiger charge is 2.30. The number of carbonyl (C=O) groups is 1. The zero-order chi connectivity index (χ0) is 16.4. The maximum atomic E-state index is 12.2. The summed E-state index contributed by atoms with van der Waals surface area (Å²) in [5, 5.41) is 17.1. The van der Waals surface area contributed by atoms with Gasteiger partial charge in [-0.2, -0.15) is 5.10 Å². The first-order valence-corrected chi connectivity index (χ1v) is 8.66. The largest absolute Gasteiger partial charge is 0.390 e. The molecule has 1 amide bonds. The molecule has 2 N–H and O–H groups in total. The first kappa shape index (κ1) is 16.1. The van der Waals surface area contributed by atoms with Crippen molar-refractivity contribution in [2.24, 2.45) is 13.0 Å². The maximum absolute atomic E-state index is 12.2. The molecule has 0 radical (unpaired) electrons. The van der Waals surface area contributed by atoms with Crippen molar-refractivity contribution in [3.8, 4) is 0 Å². The standard InChI is InChI=1S/C15H21N5O2S/c1-10(11-3-4-11)20-13(5-6-17-20)18-14(22)9-23-15-16-7-12(8-21)19(15)2/h5-7,10-11,21H,3-4,8-9H2,1-2H3,(H,18,22). The molecule has 2 aromatic rings. The summed E-state index contributed by atoms with van der Waals surface area (Å²) >= 11 is 1.35. The smallest absolute Gasteiger partial charge is 0.235 e. The lowest BCUT2D eigenvalue weighted by molar-refractivity contribution is -0.113. The SMILES string of the molecule is CC(C1CC1)n1nccc1NC(=O)CSc1ncc(CO)n1C. The lowest BCUT2D eigenvalue weighted by Crippen LogP contribution is -2.20. The van der Waals surface area contributed by atoms with Crippen LogP contribution < -0.4 is 5.32 Å². The molecule has 0 aromatic carbocycles. The summed E-state index contributed by atoms with van der Waals surface area (Å²) in [6.07, 6.45) is 5.80. The Hall–Kier alpha value is -1.80. The molecule has 1 atom stereocenters. The summed E-state index contributed by atoms with van der Waals surface area (Å²) in [5.41, 5.74) is 0.726. The fourth-order valence-electron chi connectivity index (χ4n) is 2.53. The summed E-state index contributed by atoms with van der Waals surface area (Å²) in [6, 6.07) is 2.14. The summed E-state index contributed by atoms with van der Waals surface area (Å²) in [6.45, 7) is 2.08. The first-order valence-electron chi connectivity index (χ1n) is 7.67. The molecule has 0 bridgehead atoms. The van der Waals surface area contributed by atoms with Crippen molar-refractivity contribution in [3.63, 3.8) is 0 Å². The van der Waals surface area contributed by atoms with Gasteiger partial charge in [-0.05, 0) is 25.7 Å². The van der Waals surface area contributed by atoms with E-state index >= 15 is 0 Å². The number of aromatic nitrogens is 4. The minimum atomic E-state index is -0.0895. The van der Waals surface area contributed by atoms with Crippen LogP contribution in [-0.4, -0.2) is 36.1 Å². The number of hydrogen-bond acceptors (Lipinski definition) is 5. The number of aliphatic hydroxyl groups excluding tert-OH is 1. The Kier molecular flexibility index (Phi) is 4.72. The molecule has 1 saturated carbocycles. The van der Waals surface area contributed by atoms with E-state index in [1.807, 2.05) is 17.8 Å². The molecule has 1 aliphatic carbocycles. The molecule has 0 spiro atoms. The number of hydrogen-bond donors (Lipinski definition) is 2. The van der Waals surface area contributed by atoms with Gasteiger partial charge in [-0.3, -0.25) is 4.79 Å². The Bertz CT molecular complexity index is 692. The minimum absolute atomic E-state index is 0.0610. The summed E-state index contributed by atoms with van der Waals surface area (Å²) in [5.74, 6) is 1.59. The van der Waals surface area contributed by atoms with E-state index in [4.69, 9.17) is 5.11 Å². The van der Waals surface area contributed by atoms with Crippen LogP contribution in [0.3, 0.4) is 0 Å². The van der Waals surface area contributed by atoms with E-state index in [0.29, 0.717) is 17.1 Å². The van der Waals surface area contributed by atoms with Gasteiger partial charge in [0.25, 0.3) is 0 Å². The lowest BCUT2D eigenvalue weighted by atomic mass is 10.2. The summed E-state index contributed by atoms with van der Waals surface area (Å²) in [4.78, 5) is 16.4. The predicted molar refractivity (Wildman–Crippen MR) is 88.1 cm³/mol. The normalized spacial score (nSPS) is 15.6. The molecule has 0 saturated heterocycles. The molecule has 7 nitrogen and oxygen atoms in total. The Morgan fingerprint density at radius 2 is 2.35 bits per heavy atom. The second kappa shape index (κ2) is 6.76. The van der Waals surface area contributed by atoms with Crippen LogP contribution in [-0.2, 0) is 18.4 Å². The lowest BCUT2D eigenvalue weighted by Gasteiger charge is -2.15. The van der Waals surface area contributed by atoms with Gasteiger partial charge in [0.15, 0.2) is 5.16 Å². The fourth-order valence-corrected chi connectivity index (χ4v) is 3.30. The average Bonchev–Trinajstić information content (AvgIpc) is 3.19. The highest BCUT2D eigenvalue weighted by molar-refractivity contribution is 7.99. The molecule has 3 rings (SSSR count). The monoisotopic (exact) mass is 335 g/mol. The molecule has 124 valence electrons. The highest BCUT2D eigenvalue weighted by atomic mass is 32.2. The zero-order valence-corrected chi connectivity index (χ0v) is 14.1. The molecule has 0 aliphatic heterocycles. The van der Waals surface area contributed by atoms with Gasteiger partial charge in [0.05, 0.1) is 36.5 Å². The van der Waals surface area contributed by atoms with Crippen molar-refractivity contribution >= 4 is 23.5 Å². The van der Waals surface area contributed by atoms with E-state index in [-0.39, 0.29) is 18.3 Å². The van der Waals surface area contributed by atoms with Gasteiger partial charge in [-0.15, -0.1) is 0 Å². The Morgan fingerprint density at radius 1 is 1.57 bits per heavy atom. The number of nitrogens with zero attached hydrogens (tertiary/aromatic N) is 4. The van der Waals surface area contributed by atoms with E-state index in [1.165, 1.54) is 24.6 Å². The fraction of sp³-hybridized carbons (Fsp3) is 0.533. The summed E-state index contributed by atoms with van der Waals surface area (Å²) in [7, 11) is 1.82. The molecule has 2 heterocycles. The van der Waals surface area contributed by atoms with Gasteiger partial charge in [-0.25, -0.2) is 9.67 Å². The van der Waals surface area contributed by atoms with Gasteiger partial charge in [0.1, 0.15) is 5.82 Å². The zero-order valence-electron chi connectivity index (χ0n) is 13.3. The number of carbonyl (C=O) groups excluding carboxylic acids is 1. The molecule has 23 heavy (non-hydrogen) atoms. The van der Waals surface area contributed by atoms with Crippen molar-refractivity contribution in [3.05, 3.63) is 24.2 Å². The van der Waals surface area contributed by atoms with Crippen LogP contribution >= 0.6 is 11.8 Å². The van der Waals surface area contributed by atoms with Crippen LogP contribution in [0.1, 0.15) is 31.5 Å².